The maximum absolute atomic E-state index is 10.7. The molecule has 4 rings (SSSR count). The summed E-state index contributed by atoms with van der Waals surface area (Å²) < 4.78 is 5.79. The second-order valence-electron chi connectivity index (χ2n) is 6.75. The monoisotopic (exact) mass is 270 g/mol. The van der Waals surface area contributed by atoms with Gasteiger partial charge in [0.25, 0.3) is 0 Å². The number of aliphatic hydroxyl groups excluding tert-OH is 1. The van der Waals surface area contributed by atoms with E-state index < -0.39 is 0 Å². The van der Waals surface area contributed by atoms with Crippen molar-refractivity contribution in [3.63, 3.8) is 0 Å². The lowest BCUT2D eigenvalue weighted by Gasteiger charge is -2.24. The first-order chi connectivity index (χ1) is 9.72. The molecule has 2 aliphatic carbocycles. The van der Waals surface area contributed by atoms with Gasteiger partial charge in [0.05, 0.1) is 6.10 Å². The second-order valence-corrected chi connectivity index (χ2v) is 6.75. The summed E-state index contributed by atoms with van der Waals surface area (Å²) in [4.78, 5) is 0. The van der Waals surface area contributed by atoms with Crippen LogP contribution in [0.5, 0.6) is 0 Å². The number of para-hydroxylation sites is 1. The highest BCUT2D eigenvalue weighted by Crippen LogP contribution is 2.51. The molecule has 1 aromatic carbocycles. The van der Waals surface area contributed by atoms with Gasteiger partial charge in [-0.1, -0.05) is 24.6 Å². The van der Waals surface area contributed by atoms with Gasteiger partial charge in [-0.25, -0.2) is 0 Å². The summed E-state index contributed by atoms with van der Waals surface area (Å²) in [5.74, 6) is 3.41. The summed E-state index contributed by atoms with van der Waals surface area (Å²) in [5.41, 5.74) is 1.91. The topological polar surface area (TPSA) is 33.4 Å². The Labute approximate surface area is 119 Å². The van der Waals surface area contributed by atoms with E-state index in [-0.39, 0.29) is 6.10 Å². The van der Waals surface area contributed by atoms with E-state index in [9.17, 15) is 5.11 Å². The maximum atomic E-state index is 10.7. The minimum Gasteiger partial charge on any atom is -0.461 e. The molecule has 106 valence electrons. The predicted octanol–water partition coefficient (Wildman–Crippen LogP) is 4.60. The van der Waals surface area contributed by atoms with Crippen molar-refractivity contribution in [1.82, 2.24) is 0 Å². The van der Waals surface area contributed by atoms with Crippen LogP contribution in [0.1, 0.15) is 49.5 Å². The van der Waals surface area contributed by atoms with Gasteiger partial charge in [-0.05, 0) is 56.4 Å². The van der Waals surface area contributed by atoms with Gasteiger partial charge in [-0.15, -0.1) is 0 Å². The average Bonchev–Trinajstić information content (AvgIpc) is 3.10. The Morgan fingerprint density at radius 3 is 2.85 bits per heavy atom. The lowest BCUT2D eigenvalue weighted by Crippen LogP contribution is -2.14. The molecule has 0 radical (unpaired) electrons. The van der Waals surface area contributed by atoms with Crippen molar-refractivity contribution in [3.05, 3.63) is 35.6 Å². The molecule has 20 heavy (non-hydrogen) atoms. The normalized spacial score (nSPS) is 30.2. The summed E-state index contributed by atoms with van der Waals surface area (Å²) in [5, 5.41) is 11.8. The van der Waals surface area contributed by atoms with Crippen LogP contribution in [-0.2, 0) is 0 Å². The zero-order chi connectivity index (χ0) is 13.7. The van der Waals surface area contributed by atoms with Crippen LogP contribution in [0.25, 0.3) is 11.0 Å². The molecular weight excluding hydrogens is 248 g/mol. The molecule has 0 spiro atoms. The van der Waals surface area contributed by atoms with Gasteiger partial charge in [0.1, 0.15) is 11.3 Å². The third kappa shape index (κ3) is 1.89. The molecule has 2 nitrogen and oxygen atoms in total. The van der Waals surface area contributed by atoms with Crippen LogP contribution >= 0.6 is 0 Å². The van der Waals surface area contributed by atoms with Gasteiger partial charge in [0.15, 0.2) is 0 Å². The molecule has 0 saturated heterocycles. The van der Waals surface area contributed by atoms with Crippen LogP contribution in [0.3, 0.4) is 0 Å². The van der Waals surface area contributed by atoms with Gasteiger partial charge in [0, 0.05) is 10.9 Å². The fraction of sp³-hybridized carbons (Fsp3) is 0.556. The lowest BCUT2D eigenvalue weighted by molar-refractivity contribution is 0.125. The number of hydrogen-bond acceptors (Lipinski definition) is 2. The number of aryl methyl sites for hydroxylation is 1. The SMILES string of the molecule is Cc1oc2ccccc2c1C(O)CC1CC2CCC1C2. The van der Waals surface area contributed by atoms with E-state index in [2.05, 4.69) is 6.07 Å². The molecule has 2 aromatic rings. The molecular formula is C18H22O2. The maximum Gasteiger partial charge on any atom is 0.134 e. The van der Waals surface area contributed by atoms with Crippen LogP contribution in [-0.4, -0.2) is 5.11 Å². The summed E-state index contributed by atoms with van der Waals surface area (Å²) in [6.07, 6.45) is 6.07. The molecule has 4 atom stereocenters. The van der Waals surface area contributed by atoms with Crippen molar-refractivity contribution in [2.45, 2.75) is 45.1 Å². The van der Waals surface area contributed by atoms with Crippen molar-refractivity contribution in [2.24, 2.45) is 17.8 Å². The van der Waals surface area contributed by atoms with Crippen LogP contribution < -0.4 is 0 Å². The lowest BCUT2D eigenvalue weighted by atomic mass is 9.83. The molecule has 1 aromatic heterocycles. The predicted molar refractivity (Wildman–Crippen MR) is 79.5 cm³/mol. The van der Waals surface area contributed by atoms with Crippen molar-refractivity contribution >= 4 is 11.0 Å². The van der Waals surface area contributed by atoms with Gasteiger partial charge in [-0.2, -0.15) is 0 Å². The minimum atomic E-state index is -0.372. The van der Waals surface area contributed by atoms with Crippen LogP contribution in [0.4, 0.5) is 0 Å². The number of aliphatic hydroxyl groups is 1. The summed E-state index contributed by atoms with van der Waals surface area (Å²) >= 11 is 0. The number of benzene rings is 1. The molecule has 2 aliphatic rings. The molecule has 1 N–H and O–H groups in total. The van der Waals surface area contributed by atoms with E-state index in [1.807, 2.05) is 25.1 Å². The van der Waals surface area contributed by atoms with Gasteiger partial charge < -0.3 is 9.52 Å². The highest BCUT2D eigenvalue weighted by molar-refractivity contribution is 5.82. The first-order valence-corrected chi connectivity index (χ1v) is 7.88. The zero-order valence-electron chi connectivity index (χ0n) is 12.0. The first kappa shape index (κ1) is 12.5. The molecule has 0 aliphatic heterocycles. The van der Waals surface area contributed by atoms with E-state index in [4.69, 9.17) is 4.42 Å². The Morgan fingerprint density at radius 2 is 2.10 bits per heavy atom. The molecule has 4 unspecified atom stereocenters. The van der Waals surface area contributed by atoms with Crippen LogP contribution in [0, 0.1) is 24.7 Å². The molecule has 2 bridgehead atoms. The van der Waals surface area contributed by atoms with Gasteiger partial charge >= 0.3 is 0 Å². The Kier molecular flexibility index (Phi) is 2.88. The van der Waals surface area contributed by atoms with Crippen molar-refractivity contribution < 1.29 is 9.52 Å². The van der Waals surface area contributed by atoms with E-state index in [1.54, 1.807) is 0 Å². The van der Waals surface area contributed by atoms with E-state index >= 15 is 0 Å². The quantitative estimate of drug-likeness (QED) is 0.884. The average molecular weight is 270 g/mol. The number of furan rings is 1. The fourth-order valence-corrected chi connectivity index (χ4v) is 4.67. The van der Waals surface area contributed by atoms with Gasteiger partial charge in [-0.3, -0.25) is 0 Å². The van der Waals surface area contributed by atoms with E-state index in [0.717, 1.165) is 46.5 Å². The molecule has 2 saturated carbocycles. The third-order valence-corrected chi connectivity index (χ3v) is 5.56. The largest absolute Gasteiger partial charge is 0.461 e. The van der Waals surface area contributed by atoms with E-state index in [1.165, 1.54) is 25.7 Å². The standard InChI is InChI=1S/C18H22O2/c1-11-18(15-4-2-3-5-17(15)20-11)16(19)10-14-9-12-6-7-13(14)8-12/h2-5,12-14,16,19H,6-10H2,1H3. The Balaban J connectivity index is 1.60. The van der Waals surface area contributed by atoms with Crippen LogP contribution in [0.15, 0.2) is 28.7 Å². The van der Waals surface area contributed by atoms with Gasteiger partial charge in [0.2, 0.25) is 0 Å². The van der Waals surface area contributed by atoms with E-state index in [0.29, 0.717) is 0 Å². The van der Waals surface area contributed by atoms with Crippen LogP contribution in [0.2, 0.25) is 0 Å². The number of rotatable bonds is 3. The summed E-state index contributed by atoms with van der Waals surface area (Å²) in [6.45, 7) is 1.97. The highest BCUT2D eigenvalue weighted by atomic mass is 16.3. The Hall–Kier alpha value is -1.28. The Morgan fingerprint density at radius 1 is 1.25 bits per heavy atom. The fourth-order valence-electron chi connectivity index (χ4n) is 4.67. The Bertz CT molecular complexity index is 627. The number of hydrogen-bond donors (Lipinski definition) is 1. The zero-order valence-corrected chi connectivity index (χ0v) is 12.0. The smallest absolute Gasteiger partial charge is 0.134 e. The number of fused-ring (bicyclic) bond motifs is 3. The third-order valence-electron chi connectivity index (χ3n) is 5.56. The molecule has 2 fully saturated rings. The van der Waals surface area contributed by atoms with Crippen molar-refractivity contribution in [1.29, 1.82) is 0 Å². The van der Waals surface area contributed by atoms with Crippen molar-refractivity contribution in [2.75, 3.05) is 0 Å². The minimum absolute atomic E-state index is 0.372. The highest BCUT2D eigenvalue weighted by Gasteiger charge is 2.40. The van der Waals surface area contributed by atoms with Crippen molar-refractivity contribution in [3.8, 4) is 0 Å². The molecule has 1 heterocycles. The molecule has 2 heteroatoms. The summed E-state index contributed by atoms with van der Waals surface area (Å²) in [7, 11) is 0. The molecule has 0 amide bonds. The first-order valence-electron chi connectivity index (χ1n) is 7.88. The summed E-state index contributed by atoms with van der Waals surface area (Å²) in [6, 6.07) is 8.05. The second kappa shape index (κ2) is 4.63.